The number of hydrogen-bond donors (Lipinski definition) is 8. The predicted octanol–water partition coefficient (Wildman–Crippen LogP) is -2.99. The fourth-order valence-electron chi connectivity index (χ4n) is 2.76. The van der Waals surface area contributed by atoms with Gasteiger partial charge in [0.15, 0.2) is 0 Å². The van der Waals surface area contributed by atoms with Crippen LogP contribution in [0, 0.1) is 0 Å². The Morgan fingerprint density at radius 3 is 1.84 bits per heavy atom. The summed E-state index contributed by atoms with van der Waals surface area (Å²) in [5.41, 5.74) is 21.6. The zero-order valence-corrected chi connectivity index (χ0v) is 18.3. The third kappa shape index (κ3) is 13.5. The lowest BCUT2D eigenvalue weighted by Crippen LogP contribution is -2.53. The summed E-state index contributed by atoms with van der Waals surface area (Å²) in [6, 6.07) is -3.09. The minimum absolute atomic E-state index is 0.0292. The van der Waals surface area contributed by atoms with Crippen LogP contribution in [0.25, 0.3) is 0 Å². The molecule has 0 saturated carbocycles. The summed E-state index contributed by atoms with van der Waals surface area (Å²) in [7, 11) is 0. The molecule has 3 atom stereocenters. The molecule has 12 N–H and O–H groups in total. The molecule has 184 valence electrons. The molecule has 3 unspecified atom stereocenters. The highest BCUT2D eigenvalue weighted by molar-refractivity contribution is 5.92. The van der Waals surface area contributed by atoms with Crippen LogP contribution in [0.5, 0.6) is 0 Å². The quantitative estimate of drug-likeness (QED) is 0.0972. The van der Waals surface area contributed by atoms with Gasteiger partial charge in [-0.2, -0.15) is 0 Å². The Morgan fingerprint density at radius 2 is 1.34 bits per heavy atom. The lowest BCUT2D eigenvalue weighted by atomic mass is 10.1. The Labute approximate surface area is 187 Å². The molecule has 0 spiro atoms. The highest BCUT2D eigenvalue weighted by atomic mass is 16.4. The van der Waals surface area contributed by atoms with Crippen molar-refractivity contribution in [2.75, 3.05) is 19.6 Å². The van der Waals surface area contributed by atoms with Gasteiger partial charge < -0.3 is 44.0 Å². The molecule has 0 aliphatic carbocycles. The van der Waals surface area contributed by atoms with Crippen molar-refractivity contribution in [2.45, 2.75) is 69.5 Å². The summed E-state index contributed by atoms with van der Waals surface area (Å²) >= 11 is 0. The first kappa shape index (κ1) is 29.2. The van der Waals surface area contributed by atoms with Crippen molar-refractivity contribution in [1.29, 1.82) is 0 Å². The van der Waals surface area contributed by atoms with Crippen molar-refractivity contribution >= 4 is 29.6 Å². The van der Waals surface area contributed by atoms with Gasteiger partial charge in [-0.25, -0.2) is 4.79 Å². The summed E-state index contributed by atoms with van der Waals surface area (Å²) in [6.45, 7) is 0.361. The van der Waals surface area contributed by atoms with Gasteiger partial charge in [-0.3, -0.25) is 19.2 Å². The van der Waals surface area contributed by atoms with E-state index in [1.54, 1.807) is 0 Å². The molecule has 0 heterocycles. The van der Waals surface area contributed by atoms with Crippen molar-refractivity contribution in [3.05, 3.63) is 0 Å². The van der Waals surface area contributed by atoms with E-state index < -0.39 is 54.3 Å². The van der Waals surface area contributed by atoms with Gasteiger partial charge in [0.1, 0.15) is 12.1 Å². The molecule has 0 aliphatic rings. The second-order valence-electron chi connectivity index (χ2n) is 7.42. The fraction of sp³-hybridized carbons (Fsp3) is 0.737. The monoisotopic (exact) mass is 459 g/mol. The molecular formula is C19H37N7O6. The number of nitrogens with one attached hydrogen (secondary N) is 3. The first-order chi connectivity index (χ1) is 15.1. The van der Waals surface area contributed by atoms with Crippen LogP contribution in [0.15, 0.2) is 0 Å². The van der Waals surface area contributed by atoms with Crippen molar-refractivity contribution in [3.63, 3.8) is 0 Å². The normalized spacial score (nSPS) is 13.5. The maximum absolute atomic E-state index is 12.5. The summed E-state index contributed by atoms with van der Waals surface area (Å²) in [6.07, 6.45) is 2.75. The van der Waals surface area contributed by atoms with Crippen LogP contribution in [0.1, 0.15) is 51.4 Å². The Balaban J connectivity index is 4.80. The molecule has 0 rings (SSSR count). The van der Waals surface area contributed by atoms with Gasteiger partial charge in [-0.05, 0) is 58.0 Å². The molecule has 0 radical (unpaired) electrons. The summed E-state index contributed by atoms with van der Waals surface area (Å²) < 4.78 is 0. The Kier molecular flexibility index (Phi) is 15.4. The zero-order chi connectivity index (χ0) is 24.5. The number of carboxylic acids is 1. The molecule has 0 aromatic rings. The molecule has 32 heavy (non-hydrogen) atoms. The van der Waals surface area contributed by atoms with Crippen LogP contribution in [-0.2, 0) is 24.0 Å². The predicted molar refractivity (Wildman–Crippen MR) is 117 cm³/mol. The number of amides is 4. The maximum Gasteiger partial charge on any atom is 0.326 e. The molecule has 0 saturated heterocycles. The van der Waals surface area contributed by atoms with Gasteiger partial charge in [0.25, 0.3) is 0 Å². The van der Waals surface area contributed by atoms with E-state index in [1.807, 2.05) is 0 Å². The van der Waals surface area contributed by atoms with E-state index in [2.05, 4.69) is 16.0 Å². The summed E-state index contributed by atoms with van der Waals surface area (Å²) in [4.78, 5) is 59.0. The third-order valence-corrected chi connectivity index (χ3v) is 4.62. The number of carbonyl (C=O) groups excluding carboxylic acids is 4. The number of carbonyl (C=O) groups is 5. The van der Waals surface area contributed by atoms with Gasteiger partial charge in [0.05, 0.1) is 12.6 Å². The van der Waals surface area contributed by atoms with Crippen molar-refractivity contribution in [3.8, 4) is 0 Å². The number of rotatable bonds is 18. The second kappa shape index (κ2) is 16.9. The number of primary amides is 1. The smallest absolute Gasteiger partial charge is 0.326 e. The first-order valence-corrected chi connectivity index (χ1v) is 10.7. The summed E-state index contributed by atoms with van der Waals surface area (Å²) in [5, 5.41) is 16.5. The van der Waals surface area contributed by atoms with Gasteiger partial charge in [0, 0.05) is 6.42 Å². The van der Waals surface area contributed by atoms with Crippen LogP contribution in [-0.4, -0.2) is 72.5 Å². The fourth-order valence-corrected chi connectivity index (χ4v) is 2.76. The van der Waals surface area contributed by atoms with Gasteiger partial charge in [-0.1, -0.05) is 0 Å². The van der Waals surface area contributed by atoms with Gasteiger partial charge >= 0.3 is 5.97 Å². The number of aliphatic carboxylic acids is 1. The molecule has 0 bridgehead atoms. The van der Waals surface area contributed by atoms with E-state index in [0.717, 1.165) is 0 Å². The summed E-state index contributed by atoms with van der Waals surface area (Å²) in [5.74, 6) is -3.71. The van der Waals surface area contributed by atoms with E-state index in [1.165, 1.54) is 0 Å². The van der Waals surface area contributed by atoms with Crippen molar-refractivity contribution in [1.82, 2.24) is 16.0 Å². The standard InChI is InChI=1S/C19H37N7O6/c20-9-3-1-5-13(26-17(29)12(22)7-8-15(23)27)18(30)24-11-16(28)25-14(19(31)32)6-2-4-10-21/h12-14H,1-11,20-22H2,(H2,23,27)(H,24,30)(H,25,28)(H,26,29)(H,31,32). The third-order valence-electron chi connectivity index (χ3n) is 4.62. The van der Waals surface area contributed by atoms with Crippen LogP contribution in [0.2, 0.25) is 0 Å². The molecule has 0 fully saturated rings. The molecule has 0 aromatic carbocycles. The van der Waals surface area contributed by atoms with E-state index >= 15 is 0 Å². The Morgan fingerprint density at radius 1 is 0.781 bits per heavy atom. The lowest BCUT2D eigenvalue weighted by molar-refractivity contribution is -0.142. The lowest BCUT2D eigenvalue weighted by Gasteiger charge is -2.21. The maximum atomic E-state index is 12.5. The molecule has 0 aromatic heterocycles. The van der Waals surface area contributed by atoms with Crippen molar-refractivity contribution < 1.29 is 29.1 Å². The van der Waals surface area contributed by atoms with Crippen LogP contribution in [0.4, 0.5) is 0 Å². The number of carboxylic acid groups (broad SMARTS) is 1. The van der Waals surface area contributed by atoms with Crippen molar-refractivity contribution in [2.24, 2.45) is 22.9 Å². The average molecular weight is 460 g/mol. The van der Waals surface area contributed by atoms with Crippen LogP contribution < -0.4 is 38.9 Å². The number of hydrogen-bond acceptors (Lipinski definition) is 8. The average Bonchev–Trinajstić information content (AvgIpc) is 2.74. The van der Waals surface area contributed by atoms with E-state index in [-0.39, 0.29) is 25.7 Å². The van der Waals surface area contributed by atoms with Crippen LogP contribution in [0.3, 0.4) is 0 Å². The molecule has 13 heteroatoms. The van der Waals surface area contributed by atoms with E-state index in [9.17, 15) is 29.1 Å². The molecule has 4 amide bonds. The topological polar surface area (TPSA) is 246 Å². The largest absolute Gasteiger partial charge is 0.480 e. The molecule has 13 nitrogen and oxygen atoms in total. The SMILES string of the molecule is NCCCCC(NC(=O)CNC(=O)C(CCCCN)NC(=O)C(N)CCC(N)=O)C(=O)O. The minimum atomic E-state index is -1.18. The first-order valence-electron chi connectivity index (χ1n) is 10.7. The zero-order valence-electron chi connectivity index (χ0n) is 18.3. The molecule has 0 aliphatic heterocycles. The molecular weight excluding hydrogens is 422 g/mol. The van der Waals surface area contributed by atoms with E-state index in [4.69, 9.17) is 22.9 Å². The Bertz CT molecular complexity index is 631. The second-order valence-corrected chi connectivity index (χ2v) is 7.42. The van der Waals surface area contributed by atoms with Gasteiger partial charge in [-0.15, -0.1) is 0 Å². The number of nitrogens with two attached hydrogens (primary N) is 4. The van der Waals surface area contributed by atoms with E-state index in [0.29, 0.717) is 38.8 Å². The van der Waals surface area contributed by atoms with Gasteiger partial charge in [0.2, 0.25) is 23.6 Å². The number of unbranched alkanes of at least 4 members (excludes halogenated alkanes) is 2. The van der Waals surface area contributed by atoms with Crippen LogP contribution >= 0.6 is 0 Å². The highest BCUT2D eigenvalue weighted by Gasteiger charge is 2.25. The highest BCUT2D eigenvalue weighted by Crippen LogP contribution is 2.04. The Hall–Kier alpha value is -2.77. The minimum Gasteiger partial charge on any atom is -0.480 e.